The number of aliphatic hydroxyl groups is 1. The first kappa shape index (κ1) is 15.8. The molecule has 1 atom stereocenters. The smallest absolute Gasteiger partial charge is 0.336 e. The van der Waals surface area contributed by atoms with Crippen molar-refractivity contribution in [3.63, 3.8) is 0 Å². The molecule has 0 aliphatic carbocycles. The number of ether oxygens (including phenoxy) is 1. The molecule has 6 nitrogen and oxygen atoms in total. The lowest BCUT2D eigenvalue weighted by molar-refractivity contribution is -0.385. The van der Waals surface area contributed by atoms with E-state index < -0.39 is 17.0 Å². The van der Waals surface area contributed by atoms with Crippen molar-refractivity contribution < 1.29 is 19.6 Å². The zero-order valence-electron chi connectivity index (χ0n) is 11.2. The van der Waals surface area contributed by atoms with Crippen LogP contribution in [0.25, 0.3) is 0 Å². The molecule has 1 N–H and O–H groups in total. The van der Waals surface area contributed by atoms with Crippen LogP contribution in [-0.2, 0) is 9.53 Å². The molecule has 108 valence electrons. The molecule has 0 heterocycles. The van der Waals surface area contributed by atoms with Gasteiger partial charge in [-0.2, -0.15) is 0 Å². The van der Waals surface area contributed by atoms with E-state index in [1.807, 2.05) is 6.92 Å². The summed E-state index contributed by atoms with van der Waals surface area (Å²) >= 11 is 0. The Labute approximate surface area is 116 Å². The van der Waals surface area contributed by atoms with E-state index in [-0.39, 0.29) is 23.4 Å². The summed E-state index contributed by atoms with van der Waals surface area (Å²) in [5.41, 5.74) is -0.0630. The lowest BCUT2D eigenvalue weighted by Gasteiger charge is -2.13. The van der Waals surface area contributed by atoms with Gasteiger partial charge in [0.05, 0.1) is 17.1 Å². The van der Waals surface area contributed by atoms with Gasteiger partial charge in [0.2, 0.25) is 0 Å². The van der Waals surface area contributed by atoms with Crippen molar-refractivity contribution in [1.29, 1.82) is 0 Å². The van der Waals surface area contributed by atoms with Gasteiger partial charge < -0.3 is 9.84 Å². The standard InChI is InChI=1S/C14H17NO5/c1-3-4-8-20-14(17)10(2)13(16)11-6-5-7-12(9-11)15(18)19/h5-7,9,13,16H,2-4,8H2,1H3/t13-/m0/s1. The average molecular weight is 279 g/mol. The van der Waals surface area contributed by atoms with Gasteiger partial charge in [-0.25, -0.2) is 4.79 Å². The maximum absolute atomic E-state index is 11.6. The summed E-state index contributed by atoms with van der Waals surface area (Å²) in [6, 6.07) is 5.43. The molecule has 20 heavy (non-hydrogen) atoms. The van der Waals surface area contributed by atoms with Gasteiger partial charge in [0.1, 0.15) is 6.10 Å². The molecule has 1 aromatic rings. The van der Waals surface area contributed by atoms with Crippen molar-refractivity contribution in [1.82, 2.24) is 0 Å². The first-order valence-electron chi connectivity index (χ1n) is 6.25. The number of benzene rings is 1. The third-order valence-electron chi connectivity index (χ3n) is 2.72. The number of aliphatic hydroxyl groups excluding tert-OH is 1. The van der Waals surface area contributed by atoms with E-state index in [2.05, 4.69) is 6.58 Å². The lowest BCUT2D eigenvalue weighted by Crippen LogP contribution is -2.14. The van der Waals surface area contributed by atoms with Crippen LogP contribution < -0.4 is 0 Å². The van der Waals surface area contributed by atoms with E-state index in [1.165, 1.54) is 24.3 Å². The van der Waals surface area contributed by atoms with E-state index in [0.717, 1.165) is 12.8 Å². The first-order valence-corrected chi connectivity index (χ1v) is 6.25. The molecule has 0 unspecified atom stereocenters. The second-order valence-corrected chi connectivity index (χ2v) is 4.27. The fourth-order valence-corrected chi connectivity index (χ4v) is 1.52. The minimum atomic E-state index is -1.32. The van der Waals surface area contributed by atoms with E-state index in [9.17, 15) is 20.0 Å². The molecule has 6 heteroatoms. The molecule has 0 amide bonds. The third-order valence-corrected chi connectivity index (χ3v) is 2.72. The first-order chi connectivity index (χ1) is 9.47. The molecule has 0 aromatic heterocycles. The number of esters is 1. The SMILES string of the molecule is C=C(C(=O)OCCCC)[C@H](O)c1cccc([N+](=O)[O-])c1. The normalized spacial score (nSPS) is 11.7. The maximum Gasteiger partial charge on any atom is 0.336 e. The van der Waals surface area contributed by atoms with E-state index in [4.69, 9.17) is 4.74 Å². The number of carbonyl (C=O) groups is 1. The van der Waals surface area contributed by atoms with Gasteiger partial charge in [0.15, 0.2) is 0 Å². The number of hydrogen-bond acceptors (Lipinski definition) is 5. The number of unbranched alkanes of at least 4 members (excludes halogenated alkanes) is 1. The van der Waals surface area contributed by atoms with Crippen LogP contribution >= 0.6 is 0 Å². The Kier molecular flexibility index (Phi) is 5.86. The number of nitrogens with zero attached hydrogens (tertiary/aromatic N) is 1. The fraction of sp³-hybridized carbons (Fsp3) is 0.357. The van der Waals surface area contributed by atoms with Crippen LogP contribution in [0.5, 0.6) is 0 Å². The van der Waals surface area contributed by atoms with Crippen molar-refractivity contribution in [3.05, 3.63) is 52.1 Å². The Hall–Kier alpha value is -2.21. The minimum absolute atomic E-state index is 0.137. The fourth-order valence-electron chi connectivity index (χ4n) is 1.52. The Morgan fingerprint density at radius 1 is 1.55 bits per heavy atom. The van der Waals surface area contributed by atoms with Crippen molar-refractivity contribution >= 4 is 11.7 Å². The van der Waals surface area contributed by atoms with Crippen LogP contribution in [0.15, 0.2) is 36.4 Å². The molecule has 0 spiro atoms. The molecule has 0 saturated carbocycles. The molecule has 0 aliphatic heterocycles. The van der Waals surface area contributed by atoms with E-state index >= 15 is 0 Å². The summed E-state index contributed by atoms with van der Waals surface area (Å²) in [5, 5.41) is 20.7. The van der Waals surface area contributed by atoms with Gasteiger partial charge in [0.25, 0.3) is 5.69 Å². The quantitative estimate of drug-likeness (QED) is 0.272. The Bertz CT molecular complexity index is 512. The number of non-ortho nitro benzene ring substituents is 1. The Balaban J connectivity index is 2.76. The monoisotopic (exact) mass is 279 g/mol. The Morgan fingerprint density at radius 2 is 2.25 bits per heavy atom. The van der Waals surface area contributed by atoms with Gasteiger partial charge >= 0.3 is 5.97 Å². The number of nitro groups is 1. The second-order valence-electron chi connectivity index (χ2n) is 4.27. The number of nitro benzene ring substituents is 1. The van der Waals surface area contributed by atoms with Crippen molar-refractivity contribution in [2.75, 3.05) is 6.61 Å². The number of carbonyl (C=O) groups excluding carboxylic acids is 1. The van der Waals surface area contributed by atoms with E-state index in [1.54, 1.807) is 0 Å². The van der Waals surface area contributed by atoms with Crippen LogP contribution in [0.1, 0.15) is 31.4 Å². The molecule has 0 aliphatic rings. The summed E-state index contributed by atoms with van der Waals surface area (Å²) in [4.78, 5) is 21.7. The third kappa shape index (κ3) is 4.17. The zero-order valence-corrected chi connectivity index (χ0v) is 11.2. The average Bonchev–Trinajstić information content (AvgIpc) is 2.45. The Morgan fingerprint density at radius 3 is 2.85 bits per heavy atom. The van der Waals surface area contributed by atoms with Crippen LogP contribution in [0.3, 0.4) is 0 Å². The summed E-state index contributed by atoms with van der Waals surface area (Å²) in [6.07, 6.45) is 0.295. The summed E-state index contributed by atoms with van der Waals surface area (Å²) < 4.78 is 4.93. The topological polar surface area (TPSA) is 89.7 Å². The molecule has 0 radical (unpaired) electrons. The highest BCUT2D eigenvalue weighted by molar-refractivity contribution is 5.89. The van der Waals surface area contributed by atoms with Crippen LogP contribution in [0, 0.1) is 10.1 Å². The second kappa shape index (κ2) is 7.40. The molecular formula is C14H17NO5. The summed E-state index contributed by atoms with van der Waals surface area (Å²) in [7, 11) is 0. The molecular weight excluding hydrogens is 262 g/mol. The zero-order chi connectivity index (χ0) is 15.1. The van der Waals surface area contributed by atoms with E-state index in [0.29, 0.717) is 0 Å². The largest absolute Gasteiger partial charge is 0.462 e. The van der Waals surface area contributed by atoms with Crippen LogP contribution in [0.4, 0.5) is 5.69 Å². The van der Waals surface area contributed by atoms with Crippen LogP contribution in [-0.4, -0.2) is 22.6 Å². The summed E-state index contributed by atoms with van der Waals surface area (Å²) in [5.74, 6) is -0.697. The van der Waals surface area contributed by atoms with Gasteiger partial charge in [0, 0.05) is 12.1 Å². The molecule has 0 fully saturated rings. The highest BCUT2D eigenvalue weighted by atomic mass is 16.6. The van der Waals surface area contributed by atoms with Crippen molar-refractivity contribution in [3.8, 4) is 0 Å². The highest BCUT2D eigenvalue weighted by Crippen LogP contribution is 2.24. The van der Waals surface area contributed by atoms with Crippen molar-refractivity contribution in [2.45, 2.75) is 25.9 Å². The predicted molar refractivity (Wildman–Crippen MR) is 73.1 cm³/mol. The van der Waals surface area contributed by atoms with Gasteiger partial charge in [-0.05, 0) is 12.0 Å². The van der Waals surface area contributed by atoms with Gasteiger partial charge in [-0.3, -0.25) is 10.1 Å². The maximum atomic E-state index is 11.6. The lowest BCUT2D eigenvalue weighted by atomic mass is 10.0. The number of hydrogen-bond donors (Lipinski definition) is 1. The highest BCUT2D eigenvalue weighted by Gasteiger charge is 2.21. The number of rotatable bonds is 7. The molecule has 1 rings (SSSR count). The summed E-state index contributed by atoms with van der Waals surface area (Å²) in [6.45, 7) is 5.71. The minimum Gasteiger partial charge on any atom is -0.462 e. The van der Waals surface area contributed by atoms with Gasteiger partial charge in [-0.1, -0.05) is 32.1 Å². The van der Waals surface area contributed by atoms with Crippen LogP contribution in [0.2, 0.25) is 0 Å². The van der Waals surface area contributed by atoms with Crippen molar-refractivity contribution in [2.24, 2.45) is 0 Å². The molecule has 0 bridgehead atoms. The molecule has 1 aromatic carbocycles. The predicted octanol–water partition coefficient (Wildman–Crippen LogP) is 2.53. The van der Waals surface area contributed by atoms with Gasteiger partial charge in [-0.15, -0.1) is 0 Å². The molecule has 0 saturated heterocycles.